The molecule has 0 aliphatic heterocycles. The molecule has 3 nitrogen and oxygen atoms in total. The van der Waals surface area contributed by atoms with Crippen LogP contribution >= 0.6 is 0 Å². The van der Waals surface area contributed by atoms with Crippen LogP contribution in [0.2, 0.25) is 0 Å². The average molecular weight is 500 g/mol. The van der Waals surface area contributed by atoms with Gasteiger partial charge >= 0.3 is 0 Å². The quantitative estimate of drug-likeness (QED) is 0.256. The summed E-state index contributed by atoms with van der Waals surface area (Å²) in [6.07, 6.45) is 0. The van der Waals surface area contributed by atoms with Crippen molar-refractivity contribution in [1.82, 2.24) is 9.55 Å². The summed E-state index contributed by atoms with van der Waals surface area (Å²) in [7, 11) is 0. The number of rotatable bonds is 4. The first kappa shape index (κ1) is 21.8. The molecule has 3 heteroatoms. The molecule has 0 saturated heterocycles. The lowest BCUT2D eigenvalue weighted by Crippen LogP contribution is -2.10. The van der Waals surface area contributed by atoms with E-state index >= 15 is 0 Å². The van der Waals surface area contributed by atoms with Gasteiger partial charge in [0.05, 0.1) is 27.8 Å². The Hall–Kier alpha value is -5.28. The number of anilines is 3. The Morgan fingerprint density at radius 1 is 0.436 bits per heavy atom. The van der Waals surface area contributed by atoms with Gasteiger partial charge in [-0.05, 0) is 48.5 Å². The van der Waals surface area contributed by atoms with Crippen molar-refractivity contribution in [2.75, 3.05) is 4.90 Å². The van der Waals surface area contributed by atoms with E-state index in [0.717, 1.165) is 33.8 Å². The molecular formula is C36H25N3. The summed E-state index contributed by atoms with van der Waals surface area (Å²) >= 11 is 0. The molecule has 0 amide bonds. The van der Waals surface area contributed by atoms with Crippen molar-refractivity contribution in [3.63, 3.8) is 0 Å². The molecule has 0 unspecified atom stereocenters. The summed E-state index contributed by atoms with van der Waals surface area (Å²) < 4.78 is 2.40. The van der Waals surface area contributed by atoms with Crippen LogP contribution in [-0.4, -0.2) is 9.55 Å². The van der Waals surface area contributed by atoms with E-state index in [1.807, 2.05) is 0 Å². The molecule has 2 aromatic heterocycles. The van der Waals surface area contributed by atoms with Crippen LogP contribution in [0, 0.1) is 0 Å². The number of para-hydroxylation sites is 5. The minimum atomic E-state index is 1.12. The Morgan fingerprint density at radius 2 is 1.00 bits per heavy atom. The second kappa shape index (κ2) is 8.64. The van der Waals surface area contributed by atoms with Gasteiger partial charge in [0, 0.05) is 38.6 Å². The number of fused-ring (bicyclic) bond motifs is 7. The summed E-state index contributed by atoms with van der Waals surface area (Å²) in [6, 6.07) is 51.7. The van der Waals surface area contributed by atoms with Crippen LogP contribution in [0.15, 0.2) is 146 Å². The maximum absolute atomic E-state index is 3.92. The number of aromatic nitrogens is 2. The molecule has 0 bridgehead atoms. The third-order valence-corrected chi connectivity index (χ3v) is 7.70. The topological polar surface area (TPSA) is 24.0 Å². The summed E-state index contributed by atoms with van der Waals surface area (Å²) in [5, 5.41) is 4.94. The highest BCUT2D eigenvalue weighted by atomic mass is 15.1. The molecule has 6 aromatic carbocycles. The van der Waals surface area contributed by atoms with Crippen LogP contribution < -0.4 is 4.90 Å². The summed E-state index contributed by atoms with van der Waals surface area (Å²) in [5.41, 5.74) is 9.21. The summed E-state index contributed by atoms with van der Waals surface area (Å²) in [5.74, 6) is 0. The first-order chi connectivity index (χ1) is 19.4. The average Bonchev–Trinajstić information content (AvgIpc) is 3.56. The van der Waals surface area contributed by atoms with Gasteiger partial charge in [-0.1, -0.05) is 97.1 Å². The monoisotopic (exact) mass is 499 g/mol. The number of hydrogen-bond acceptors (Lipinski definition) is 1. The summed E-state index contributed by atoms with van der Waals surface area (Å²) in [4.78, 5) is 6.25. The minimum absolute atomic E-state index is 1.12. The predicted molar refractivity (Wildman–Crippen MR) is 165 cm³/mol. The van der Waals surface area contributed by atoms with Crippen LogP contribution in [0.5, 0.6) is 0 Å². The van der Waals surface area contributed by atoms with Crippen molar-refractivity contribution in [2.24, 2.45) is 0 Å². The molecule has 0 fully saturated rings. The molecule has 0 aliphatic carbocycles. The van der Waals surface area contributed by atoms with E-state index in [1.165, 1.54) is 32.6 Å². The Labute approximate surface area is 226 Å². The zero-order valence-electron chi connectivity index (χ0n) is 21.3. The fourth-order valence-corrected chi connectivity index (χ4v) is 6.04. The van der Waals surface area contributed by atoms with E-state index in [4.69, 9.17) is 0 Å². The van der Waals surface area contributed by atoms with Crippen LogP contribution in [0.3, 0.4) is 0 Å². The Bertz CT molecular complexity index is 2060. The summed E-state index contributed by atoms with van der Waals surface area (Å²) in [6.45, 7) is 0. The molecule has 0 radical (unpaired) electrons. The molecule has 1 N–H and O–H groups in total. The Morgan fingerprint density at radius 3 is 1.72 bits per heavy atom. The van der Waals surface area contributed by atoms with Crippen LogP contribution in [0.25, 0.3) is 49.3 Å². The number of aromatic amines is 1. The SMILES string of the molecule is c1ccc(N(c2ccccc2)c2cccc3c2[nH]c2c3ccc3c4ccccc4n(-c4ccccc4)c32)cc1. The van der Waals surface area contributed by atoms with E-state index in [9.17, 15) is 0 Å². The largest absolute Gasteiger partial charge is 0.351 e. The highest BCUT2D eigenvalue weighted by Gasteiger charge is 2.20. The smallest absolute Gasteiger partial charge is 0.0783 e. The highest BCUT2D eigenvalue weighted by Crippen LogP contribution is 2.43. The van der Waals surface area contributed by atoms with E-state index in [1.54, 1.807) is 0 Å². The van der Waals surface area contributed by atoms with Crippen molar-refractivity contribution in [1.29, 1.82) is 0 Å². The fraction of sp³-hybridized carbons (Fsp3) is 0. The standard InChI is InChI=1S/C36H25N3/c1-4-13-25(14-5-1)38(26-15-6-2-7-16-26)33-22-12-20-29-30-23-24-31-28-19-10-11-21-32(28)39(27-17-8-3-9-18-27)36(31)35(30)37-34(29)33/h1-24,37H. The molecule has 0 spiro atoms. The van der Waals surface area contributed by atoms with Crippen molar-refractivity contribution in [3.05, 3.63) is 146 Å². The molecule has 0 saturated carbocycles. The van der Waals surface area contributed by atoms with Gasteiger partial charge in [0.2, 0.25) is 0 Å². The Kier molecular flexibility index (Phi) is 4.82. The molecule has 39 heavy (non-hydrogen) atoms. The first-order valence-electron chi connectivity index (χ1n) is 13.3. The van der Waals surface area contributed by atoms with Crippen molar-refractivity contribution in [3.8, 4) is 5.69 Å². The van der Waals surface area contributed by atoms with Gasteiger partial charge in [-0.3, -0.25) is 0 Å². The minimum Gasteiger partial charge on any atom is -0.351 e. The van der Waals surface area contributed by atoms with E-state index in [-0.39, 0.29) is 0 Å². The zero-order valence-corrected chi connectivity index (χ0v) is 21.3. The third-order valence-electron chi connectivity index (χ3n) is 7.70. The van der Waals surface area contributed by atoms with Crippen LogP contribution in [-0.2, 0) is 0 Å². The third kappa shape index (κ3) is 3.30. The maximum atomic E-state index is 3.92. The van der Waals surface area contributed by atoms with Gasteiger partial charge in [0.15, 0.2) is 0 Å². The Balaban J connectivity index is 1.49. The van der Waals surface area contributed by atoms with Gasteiger partial charge in [-0.15, -0.1) is 0 Å². The van der Waals surface area contributed by atoms with Gasteiger partial charge in [0.25, 0.3) is 0 Å². The van der Waals surface area contributed by atoms with Crippen LogP contribution in [0.4, 0.5) is 17.1 Å². The van der Waals surface area contributed by atoms with Crippen molar-refractivity contribution in [2.45, 2.75) is 0 Å². The second-order valence-corrected chi connectivity index (χ2v) is 9.90. The van der Waals surface area contributed by atoms with E-state index in [0.29, 0.717) is 0 Å². The van der Waals surface area contributed by atoms with Crippen molar-refractivity contribution < 1.29 is 0 Å². The predicted octanol–water partition coefficient (Wildman–Crippen LogP) is 9.89. The lowest BCUT2D eigenvalue weighted by atomic mass is 10.1. The van der Waals surface area contributed by atoms with Gasteiger partial charge in [0.1, 0.15) is 0 Å². The molecule has 0 atom stereocenters. The second-order valence-electron chi connectivity index (χ2n) is 9.90. The zero-order chi connectivity index (χ0) is 25.8. The molecule has 8 rings (SSSR count). The molecular weight excluding hydrogens is 474 g/mol. The number of nitrogens with one attached hydrogen (secondary N) is 1. The van der Waals surface area contributed by atoms with E-state index in [2.05, 4.69) is 160 Å². The highest BCUT2D eigenvalue weighted by molar-refractivity contribution is 6.24. The van der Waals surface area contributed by atoms with Gasteiger partial charge < -0.3 is 14.5 Å². The molecule has 2 heterocycles. The first-order valence-corrected chi connectivity index (χ1v) is 13.3. The van der Waals surface area contributed by atoms with Gasteiger partial charge in [-0.2, -0.15) is 0 Å². The normalized spacial score (nSPS) is 11.6. The van der Waals surface area contributed by atoms with Gasteiger partial charge in [-0.25, -0.2) is 0 Å². The number of benzene rings is 6. The molecule has 184 valence electrons. The number of nitrogens with zero attached hydrogens (tertiary/aromatic N) is 2. The number of hydrogen-bond donors (Lipinski definition) is 1. The van der Waals surface area contributed by atoms with Crippen LogP contribution in [0.1, 0.15) is 0 Å². The maximum Gasteiger partial charge on any atom is 0.0783 e. The molecule has 8 aromatic rings. The van der Waals surface area contributed by atoms with Crippen molar-refractivity contribution >= 4 is 60.7 Å². The molecule has 0 aliphatic rings. The lowest BCUT2D eigenvalue weighted by molar-refractivity contribution is 1.18. The lowest BCUT2D eigenvalue weighted by Gasteiger charge is -2.25. The van der Waals surface area contributed by atoms with E-state index < -0.39 is 0 Å². The number of H-pyrrole nitrogens is 1. The fourth-order valence-electron chi connectivity index (χ4n) is 6.04.